The molecule has 2 heterocycles. The molecule has 0 aromatic carbocycles. The summed E-state index contributed by atoms with van der Waals surface area (Å²) in [5.74, 6) is 1.53. The molecule has 0 fully saturated rings. The first-order valence-electron chi connectivity index (χ1n) is 5.32. The van der Waals surface area contributed by atoms with E-state index in [4.69, 9.17) is 19.7 Å². The number of aromatic nitrogens is 2. The zero-order valence-corrected chi connectivity index (χ0v) is 11.3. The number of rotatable bonds is 5. The quantitative estimate of drug-likeness (QED) is 0.888. The van der Waals surface area contributed by atoms with Gasteiger partial charge in [-0.25, -0.2) is 0 Å². The van der Waals surface area contributed by atoms with Gasteiger partial charge in [0.05, 0.1) is 13.7 Å². The van der Waals surface area contributed by atoms with E-state index in [1.54, 1.807) is 21.1 Å². The van der Waals surface area contributed by atoms with Crippen LogP contribution in [-0.2, 0) is 10.3 Å². The van der Waals surface area contributed by atoms with E-state index in [1.165, 1.54) is 11.3 Å². The first-order valence-corrected chi connectivity index (χ1v) is 6.20. The van der Waals surface area contributed by atoms with Crippen molar-refractivity contribution in [1.82, 2.24) is 10.1 Å². The number of thiophene rings is 1. The molecule has 1 unspecified atom stereocenters. The molecule has 2 aromatic rings. The summed E-state index contributed by atoms with van der Waals surface area (Å²) >= 11 is 1.47. The van der Waals surface area contributed by atoms with Crippen molar-refractivity contribution in [2.75, 3.05) is 20.8 Å². The van der Waals surface area contributed by atoms with Gasteiger partial charge in [-0.1, -0.05) is 5.16 Å². The zero-order valence-electron chi connectivity index (χ0n) is 10.5. The van der Waals surface area contributed by atoms with E-state index in [9.17, 15) is 0 Å². The van der Waals surface area contributed by atoms with Gasteiger partial charge < -0.3 is 19.7 Å². The van der Waals surface area contributed by atoms with E-state index in [0.717, 1.165) is 4.88 Å². The lowest BCUT2D eigenvalue weighted by Crippen LogP contribution is -2.38. The van der Waals surface area contributed by atoms with Gasteiger partial charge in [-0.3, -0.25) is 0 Å². The molecule has 0 aliphatic rings. The molecule has 6 nitrogen and oxygen atoms in total. The van der Waals surface area contributed by atoms with Gasteiger partial charge in [0.1, 0.15) is 16.2 Å². The standard InChI is InChI=1S/C11H15N3O3S/c1-11(12,6-15-2)10-13-9(17-14-10)8-7(16-3)4-5-18-8/h4-5H,6,12H2,1-3H3. The number of methoxy groups -OCH3 is 2. The Bertz CT molecular complexity index is 521. The van der Waals surface area contributed by atoms with E-state index in [2.05, 4.69) is 10.1 Å². The summed E-state index contributed by atoms with van der Waals surface area (Å²) in [4.78, 5) is 5.10. The molecule has 7 heteroatoms. The lowest BCUT2D eigenvalue weighted by atomic mass is 10.1. The van der Waals surface area contributed by atoms with Crippen LogP contribution in [-0.4, -0.2) is 31.0 Å². The minimum atomic E-state index is -0.777. The average Bonchev–Trinajstić information content (AvgIpc) is 2.97. The topological polar surface area (TPSA) is 83.4 Å². The minimum Gasteiger partial charge on any atom is -0.495 e. The molecule has 0 aliphatic heterocycles. The number of hydrogen-bond donors (Lipinski definition) is 1. The molecule has 0 saturated heterocycles. The number of hydrogen-bond acceptors (Lipinski definition) is 7. The van der Waals surface area contributed by atoms with E-state index in [0.29, 0.717) is 24.1 Å². The van der Waals surface area contributed by atoms with Crippen molar-refractivity contribution < 1.29 is 14.0 Å². The number of nitrogens with two attached hydrogens (primary N) is 1. The Balaban J connectivity index is 2.31. The summed E-state index contributed by atoms with van der Waals surface area (Å²) in [6.45, 7) is 2.10. The van der Waals surface area contributed by atoms with E-state index < -0.39 is 5.54 Å². The van der Waals surface area contributed by atoms with Crippen LogP contribution >= 0.6 is 11.3 Å². The van der Waals surface area contributed by atoms with Crippen LogP contribution in [0.3, 0.4) is 0 Å². The van der Waals surface area contributed by atoms with Crippen LogP contribution in [0.25, 0.3) is 10.8 Å². The van der Waals surface area contributed by atoms with Gasteiger partial charge in [-0.15, -0.1) is 11.3 Å². The third kappa shape index (κ3) is 2.38. The molecule has 0 bridgehead atoms. The highest BCUT2D eigenvalue weighted by molar-refractivity contribution is 7.13. The first kappa shape index (κ1) is 13.0. The third-order valence-corrected chi connectivity index (χ3v) is 3.31. The highest BCUT2D eigenvalue weighted by atomic mass is 32.1. The molecule has 18 heavy (non-hydrogen) atoms. The maximum Gasteiger partial charge on any atom is 0.271 e. The van der Waals surface area contributed by atoms with Crippen LogP contribution in [0.4, 0.5) is 0 Å². The highest BCUT2D eigenvalue weighted by Gasteiger charge is 2.28. The van der Waals surface area contributed by atoms with E-state index in [-0.39, 0.29) is 0 Å². The molecule has 98 valence electrons. The molecule has 2 rings (SSSR count). The summed E-state index contributed by atoms with van der Waals surface area (Å²) in [5, 5.41) is 5.80. The van der Waals surface area contributed by atoms with Gasteiger partial charge in [0.2, 0.25) is 0 Å². The minimum absolute atomic E-state index is 0.313. The normalized spacial score (nSPS) is 14.4. The van der Waals surface area contributed by atoms with Crippen molar-refractivity contribution in [2.24, 2.45) is 5.73 Å². The monoisotopic (exact) mass is 269 g/mol. The third-order valence-electron chi connectivity index (χ3n) is 2.42. The van der Waals surface area contributed by atoms with Crippen molar-refractivity contribution in [3.63, 3.8) is 0 Å². The second-order valence-electron chi connectivity index (χ2n) is 4.09. The number of ether oxygens (including phenoxy) is 2. The fraction of sp³-hybridized carbons (Fsp3) is 0.455. The second kappa shape index (κ2) is 5.05. The molecule has 0 spiro atoms. The van der Waals surface area contributed by atoms with Crippen molar-refractivity contribution in [3.05, 3.63) is 17.3 Å². The predicted molar refractivity (Wildman–Crippen MR) is 67.6 cm³/mol. The fourth-order valence-electron chi connectivity index (χ4n) is 1.53. The van der Waals surface area contributed by atoms with Crippen LogP contribution in [0.1, 0.15) is 12.7 Å². The van der Waals surface area contributed by atoms with Crippen LogP contribution < -0.4 is 10.5 Å². The van der Waals surface area contributed by atoms with Gasteiger partial charge in [0.25, 0.3) is 5.89 Å². The van der Waals surface area contributed by atoms with Crippen LogP contribution in [0.2, 0.25) is 0 Å². The summed E-state index contributed by atoms with van der Waals surface area (Å²) < 4.78 is 15.5. The smallest absolute Gasteiger partial charge is 0.271 e. The van der Waals surface area contributed by atoms with Crippen molar-refractivity contribution >= 4 is 11.3 Å². The lowest BCUT2D eigenvalue weighted by Gasteiger charge is -2.18. The van der Waals surface area contributed by atoms with Gasteiger partial charge in [-0.05, 0) is 18.4 Å². The van der Waals surface area contributed by atoms with E-state index >= 15 is 0 Å². The Morgan fingerprint density at radius 1 is 1.50 bits per heavy atom. The molecule has 0 aliphatic carbocycles. The predicted octanol–water partition coefficient (Wildman–Crippen LogP) is 1.63. The van der Waals surface area contributed by atoms with Crippen molar-refractivity contribution in [3.8, 4) is 16.5 Å². The Morgan fingerprint density at radius 2 is 2.28 bits per heavy atom. The van der Waals surface area contributed by atoms with Crippen LogP contribution in [0, 0.1) is 0 Å². The molecular weight excluding hydrogens is 254 g/mol. The molecule has 0 saturated carbocycles. The molecular formula is C11H15N3O3S. The van der Waals surface area contributed by atoms with Gasteiger partial charge in [0.15, 0.2) is 5.82 Å². The van der Waals surface area contributed by atoms with Gasteiger partial charge in [0, 0.05) is 7.11 Å². The zero-order chi connectivity index (χ0) is 13.2. The second-order valence-corrected chi connectivity index (χ2v) is 5.01. The van der Waals surface area contributed by atoms with E-state index in [1.807, 2.05) is 11.4 Å². The van der Waals surface area contributed by atoms with Crippen molar-refractivity contribution in [2.45, 2.75) is 12.5 Å². The first-order chi connectivity index (χ1) is 8.58. The molecule has 0 radical (unpaired) electrons. The average molecular weight is 269 g/mol. The molecule has 0 amide bonds. The van der Waals surface area contributed by atoms with Crippen LogP contribution in [0.5, 0.6) is 5.75 Å². The Labute approximate surface area is 109 Å². The Kier molecular flexibility index (Phi) is 3.65. The maximum atomic E-state index is 6.05. The van der Waals surface area contributed by atoms with Gasteiger partial charge >= 0.3 is 0 Å². The Hall–Kier alpha value is -1.44. The van der Waals surface area contributed by atoms with Gasteiger partial charge in [-0.2, -0.15) is 4.98 Å². The fourth-order valence-corrected chi connectivity index (χ4v) is 2.31. The highest BCUT2D eigenvalue weighted by Crippen LogP contribution is 2.34. The van der Waals surface area contributed by atoms with Crippen LogP contribution in [0.15, 0.2) is 16.0 Å². The Morgan fingerprint density at radius 3 is 2.94 bits per heavy atom. The van der Waals surface area contributed by atoms with Crippen molar-refractivity contribution in [1.29, 1.82) is 0 Å². The molecule has 2 aromatic heterocycles. The summed E-state index contributed by atoms with van der Waals surface area (Å²) in [5.41, 5.74) is 5.27. The summed E-state index contributed by atoms with van der Waals surface area (Å²) in [6, 6.07) is 1.85. The summed E-state index contributed by atoms with van der Waals surface area (Å²) in [6.07, 6.45) is 0. The largest absolute Gasteiger partial charge is 0.495 e. The number of nitrogens with zero attached hydrogens (tertiary/aromatic N) is 2. The molecule has 1 atom stereocenters. The molecule has 2 N–H and O–H groups in total. The summed E-state index contributed by atoms with van der Waals surface area (Å²) in [7, 11) is 3.18. The SMILES string of the molecule is COCC(C)(N)c1noc(-c2sccc2OC)n1. The maximum absolute atomic E-state index is 6.05. The lowest BCUT2D eigenvalue weighted by molar-refractivity contribution is 0.135.